The van der Waals surface area contributed by atoms with Crippen LogP contribution in [0.15, 0.2) is 15.9 Å². The van der Waals surface area contributed by atoms with Crippen molar-refractivity contribution in [3.63, 3.8) is 0 Å². The highest BCUT2D eigenvalue weighted by atomic mass is 79.9. The van der Waals surface area contributed by atoms with Gasteiger partial charge in [0.25, 0.3) is 0 Å². The molecule has 0 aliphatic carbocycles. The first kappa shape index (κ1) is 13.5. The predicted octanol–water partition coefficient (Wildman–Crippen LogP) is 3.67. The van der Waals surface area contributed by atoms with Crippen LogP contribution < -0.4 is 5.32 Å². The van der Waals surface area contributed by atoms with Crippen LogP contribution in [0.4, 0.5) is 5.13 Å². The summed E-state index contributed by atoms with van der Waals surface area (Å²) in [6, 6.07) is 4.05. The number of ether oxygens (including phenoxy) is 1. The molecular weight excluding hydrogens is 336 g/mol. The van der Waals surface area contributed by atoms with E-state index in [1.54, 1.807) is 18.3 Å². The quantitative estimate of drug-likeness (QED) is 0.858. The lowest BCUT2D eigenvalue weighted by atomic mass is 10.4. The summed E-state index contributed by atoms with van der Waals surface area (Å²) in [5.74, 6) is -0.336. The Labute approximate surface area is 121 Å². The Morgan fingerprint density at radius 3 is 2.89 bits per heavy atom. The highest BCUT2D eigenvalue weighted by Gasteiger charge is 2.15. The average Bonchev–Trinajstić information content (AvgIpc) is 2.92. The van der Waals surface area contributed by atoms with E-state index in [1.807, 2.05) is 12.1 Å². The van der Waals surface area contributed by atoms with Gasteiger partial charge in [-0.3, -0.25) is 0 Å². The van der Waals surface area contributed by atoms with Crippen LogP contribution in [0.3, 0.4) is 0 Å². The smallest absolute Gasteiger partial charge is 0.350 e. The molecule has 0 radical (unpaired) electrons. The fourth-order valence-corrected chi connectivity index (χ4v) is 3.67. The molecular formula is C11H11BrN2O2S2. The fourth-order valence-electron chi connectivity index (χ4n) is 1.36. The summed E-state index contributed by atoms with van der Waals surface area (Å²) >= 11 is 6.40. The van der Waals surface area contributed by atoms with Crippen LogP contribution in [-0.2, 0) is 11.3 Å². The second-order valence-corrected chi connectivity index (χ2v) is 7.03. The molecule has 4 nitrogen and oxygen atoms in total. The fraction of sp³-hybridized carbons (Fsp3) is 0.273. The number of nitrogens with zero attached hydrogens (tertiary/aromatic N) is 1. The van der Waals surface area contributed by atoms with E-state index in [2.05, 4.69) is 26.2 Å². The van der Waals surface area contributed by atoms with E-state index in [0.29, 0.717) is 17.1 Å². The van der Waals surface area contributed by atoms with Gasteiger partial charge in [-0.25, -0.2) is 9.78 Å². The number of hydrogen-bond acceptors (Lipinski definition) is 6. The summed E-state index contributed by atoms with van der Waals surface area (Å²) < 4.78 is 5.80. The van der Waals surface area contributed by atoms with Gasteiger partial charge in [0.1, 0.15) is 4.88 Å². The number of esters is 1. The van der Waals surface area contributed by atoms with Crippen molar-refractivity contribution >= 4 is 49.7 Å². The van der Waals surface area contributed by atoms with Crippen LogP contribution in [0.25, 0.3) is 0 Å². The number of thiophene rings is 1. The van der Waals surface area contributed by atoms with Crippen molar-refractivity contribution in [2.24, 2.45) is 0 Å². The molecule has 0 aliphatic heterocycles. The minimum Gasteiger partial charge on any atom is -0.465 e. The van der Waals surface area contributed by atoms with E-state index < -0.39 is 0 Å². The van der Waals surface area contributed by atoms with Gasteiger partial charge in [0.15, 0.2) is 5.13 Å². The highest BCUT2D eigenvalue weighted by Crippen LogP contribution is 2.26. The number of carbonyl (C=O) groups excluding carboxylic acids is 1. The summed E-state index contributed by atoms with van der Waals surface area (Å²) in [4.78, 5) is 17.5. The lowest BCUT2D eigenvalue weighted by Crippen LogP contribution is -1.99. The molecule has 0 saturated carbocycles. The lowest BCUT2D eigenvalue weighted by molar-refractivity contribution is 0.0605. The standard InChI is InChI=1S/C11H11BrN2O2S2/c1-6-9(10(15)16-2)18-11(14-6)13-5-7-3-4-8(12)17-7/h3-4H,5H2,1-2H3,(H,13,14). The second-order valence-electron chi connectivity index (χ2n) is 3.48. The zero-order valence-electron chi connectivity index (χ0n) is 9.82. The van der Waals surface area contributed by atoms with Gasteiger partial charge in [0.05, 0.1) is 23.1 Å². The topological polar surface area (TPSA) is 51.2 Å². The number of aromatic nitrogens is 1. The molecule has 0 saturated heterocycles. The van der Waals surface area contributed by atoms with E-state index in [9.17, 15) is 4.79 Å². The Morgan fingerprint density at radius 1 is 1.50 bits per heavy atom. The number of aryl methyl sites for hydroxylation is 1. The molecule has 0 amide bonds. The van der Waals surface area contributed by atoms with Crippen molar-refractivity contribution in [3.8, 4) is 0 Å². The number of nitrogens with one attached hydrogen (secondary N) is 1. The van der Waals surface area contributed by atoms with Gasteiger partial charge in [-0.1, -0.05) is 11.3 Å². The number of carbonyl (C=O) groups is 1. The second kappa shape index (κ2) is 5.81. The molecule has 0 spiro atoms. The Morgan fingerprint density at radius 2 is 2.28 bits per heavy atom. The molecule has 1 N–H and O–H groups in total. The third-order valence-corrected chi connectivity index (χ3v) is 4.93. The summed E-state index contributed by atoms with van der Waals surface area (Å²) in [7, 11) is 1.37. The van der Waals surface area contributed by atoms with Crippen molar-refractivity contribution in [2.45, 2.75) is 13.5 Å². The molecule has 0 aromatic carbocycles. The monoisotopic (exact) mass is 346 g/mol. The van der Waals surface area contributed by atoms with Gasteiger partial charge >= 0.3 is 5.97 Å². The predicted molar refractivity (Wildman–Crippen MR) is 77.5 cm³/mol. The molecule has 0 bridgehead atoms. The number of hydrogen-bond donors (Lipinski definition) is 1. The third-order valence-electron chi connectivity index (χ3n) is 2.21. The summed E-state index contributed by atoms with van der Waals surface area (Å²) in [5.41, 5.74) is 0.696. The Balaban J connectivity index is 2.04. The molecule has 0 fully saturated rings. The van der Waals surface area contributed by atoms with Crippen LogP contribution in [0.5, 0.6) is 0 Å². The highest BCUT2D eigenvalue weighted by molar-refractivity contribution is 9.11. The minimum absolute atomic E-state index is 0.336. The maximum absolute atomic E-state index is 11.4. The van der Waals surface area contributed by atoms with Crippen LogP contribution >= 0.6 is 38.6 Å². The van der Waals surface area contributed by atoms with Gasteiger partial charge in [-0.2, -0.15) is 0 Å². The normalized spacial score (nSPS) is 10.4. The molecule has 0 unspecified atom stereocenters. The van der Waals surface area contributed by atoms with Gasteiger partial charge < -0.3 is 10.1 Å². The van der Waals surface area contributed by atoms with Crippen LogP contribution in [0.2, 0.25) is 0 Å². The lowest BCUT2D eigenvalue weighted by Gasteiger charge is -1.98. The zero-order valence-corrected chi connectivity index (χ0v) is 13.0. The maximum Gasteiger partial charge on any atom is 0.350 e. The van der Waals surface area contributed by atoms with Crippen LogP contribution in [0.1, 0.15) is 20.2 Å². The first-order chi connectivity index (χ1) is 8.60. The van der Waals surface area contributed by atoms with E-state index in [0.717, 1.165) is 8.92 Å². The first-order valence-electron chi connectivity index (χ1n) is 5.14. The number of methoxy groups -OCH3 is 1. The van der Waals surface area contributed by atoms with Crippen molar-refractivity contribution in [1.29, 1.82) is 0 Å². The number of anilines is 1. The van der Waals surface area contributed by atoms with E-state index >= 15 is 0 Å². The molecule has 96 valence electrons. The first-order valence-corrected chi connectivity index (χ1v) is 7.56. The SMILES string of the molecule is COC(=O)c1sc(NCc2ccc(Br)s2)nc1C. The largest absolute Gasteiger partial charge is 0.465 e. The molecule has 0 aliphatic rings. The van der Waals surface area contributed by atoms with Crippen LogP contribution in [0, 0.1) is 6.92 Å². The Hall–Kier alpha value is -0.920. The molecule has 18 heavy (non-hydrogen) atoms. The molecule has 7 heteroatoms. The van der Waals surface area contributed by atoms with E-state index in [-0.39, 0.29) is 5.97 Å². The van der Waals surface area contributed by atoms with Gasteiger partial charge in [-0.15, -0.1) is 11.3 Å². The number of halogens is 1. The zero-order chi connectivity index (χ0) is 13.1. The van der Waals surface area contributed by atoms with Crippen molar-refractivity contribution in [3.05, 3.63) is 31.4 Å². The average molecular weight is 347 g/mol. The summed E-state index contributed by atoms with van der Waals surface area (Å²) in [5, 5.41) is 3.94. The molecule has 0 atom stereocenters. The van der Waals surface area contributed by atoms with E-state index in [4.69, 9.17) is 4.74 Å². The maximum atomic E-state index is 11.4. The third kappa shape index (κ3) is 3.09. The van der Waals surface area contributed by atoms with Gasteiger partial charge in [-0.05, 0) is 35.0 Å². The number of rotatable bonds is 4. The van der Waals surface area contributed by atoms with Crippen molar-refractivity contribution < 1.29 is 9.53 Å². The van der Waals surface area contributed by atoms with Gasteiger partial charge in [0, 0.05) is 4.88 Å². The van der Waals surface area contributed by atoms with E-state index in [1.165, 1.54) is 23.3 Å². The van der Waals surface area contributed by atoms with Crippen LogP contribution in [-0.4, -0.2) is 18.1 Å². The Bertz CT molecular complexity index is 565. The minimum atomic E-state index is -0.336. The molecule has 2 rings (SSSR count). The molecule has 2 aromatic heterocycles. The number of thiazole rings is 1. The Kier molecular flexibility index (Phi) is 4.36. The molecule has 2 heterocycles. The van der Waals surface area contributed by atoms with Gasteiger partial charge in [0.2, 0.25) is 0 Å². The molecule has 2 aromatic rings. The summed E-state index contributed by atoms with van der Waals surface area (Å²) in [6.07, 6.45) is 0. The van der Waals surface area contributed by atoms with Crippen molar-refractivity contribution in [1.82, 2.24) is 4.98 Å². The van der Waals surface area contributed by atoms with Crippen molar-refractivity contribution in [2.75, 3.05) is 12.4 Å². The summed E-state index contributed by atoms with van der Waals surface area (Å²) in [6.45, 7) is 2.50.